The smallest absolute Gasteiger partial charge is 0.387 e. The Morgan fingerprint density at radius 3 is 2.51 bits per heavy atom. The van der Waals surface area contributed by atoms with Crippen molar-refractivity contribution in [3.05, 3.63) is 59.7 Å². The largest absolute Gasteiger partial charge is 0.493 e. The number of halogens is 2. The maximum absolute atomic E-state index is 12.5. The van der Waals surface area contributed by atoms with Gasteiger partial charge in [0.25, 0.3) is 5.91 Å². The number of carbonyl (C=O) groups excluding carboxylic acids is 3. The molecule has 188 valence electrons. The van der Waals surface area contributed by atoms with Crippen LogP contribution in [0.5, 0.6) is 11.5 Å². The average Bonchev–Trinajstić information content (AvgIpc) is 2.82. The molecule has 0 saturated carbocycles. The molecule has 0 aliphatic heterocycles. The maximum atomic E-state index is 12.5. The molecular weight excluding hydrogens is 462 g/mol. The van der Waals surface area contributed by atoms with Crippen molar-refractivity contribution in [2.24, 2.45) is 0 Å². The first-order chi connectivity index (χ1) is 16.7. The van der Waals surface area contributed by atoms with Crippen LogP contribution in [0.15, 0.2) is 48.5 Å². The second-order valence-electron chi connectivity index (χ2n) is 7.41. The van der Waals surface area contributed by atoms with E-state index >= 15 is 0 Å². The summed E-state index contributed by atoms with van der Waals surface area (Å²) in [5.41, 5.74) is 2.01. The molecule has 8 nitrogen and oxygen atoms in total. The number of carbonyl (C=O) groups is 3. The number of alkyl halides is 2. The van der Waals surface area contributed by atoms with Gasteiger partial charge in [0.15, 0.2) is 18.1 Å². The molecule has 0 aromatic heterocycles. The number of nitrogens with zero attached hydrogens (tertiary/aromatic N) is 1. The minimum absolute atomic E-state index is 0.0650. The van der Waals surface area contributed by atoms with Gasteiger partial charge in [-0.2, -0.15) is 8.78 Å². The van der Waals surface area contributed by atoms with Crippen molar-refractivity contribution >= 4 is 29.5 Å². The summed E-state index contributed by atoms with van der Waals surface area (Å²) in [7, 11) is 1.30. The topological polar surface area (TPSA) is 94.2 Å². The van der Waals surface area contributed by atoms with Crippen molar-refractivity contribution in [2.75, 3.05) is 32.1 Å². The van der Waals surface area contributed by atoms with E-state index in [1.54, 1.807) is 12.1 Å². The molecule has 0 aliphatic carbocycles. The Kier molecular flexibility index (Phi) is 10.7. The number of hydrogen-bond acceptors (Lipinski definition) is 6. The molecule has 0 spiro atoms. The van der Waals surface area contributed by atoms with E-state index in [9.17, 15) is 23.2 Å². The van der Waals surface area contributed by atoms with Crippen molar-refractivity contribution in [3.63, 3.8) is 0 Å². The number of hydrogen-bond donors (Lipinski definition) is 1. The van der Waals surface area contributed by atoms with Gasteiger partial charge in [0.2, 0.25) is 5.91 Å². The molecule has 10 heteroatoms. The number of methoxy groups -OCH3 is 1. The van der Waals surface area contributed by atoms with E-state index in [0.29, 0.717) is 24.2 Å². The molecule has 2 amide bonds. The summed E-state index contributed by atoms with van der Waals surface area (Å²) in [6.07, 6.45) is 3.08. The first-order valence-electron chi connectivity index (χ1n) is 10.8. The van der Waals surface area contributed by atoms with Crippen LogP contribution < -0.4 is 14.8 Å². The Hall–Kier alpha value is -3.95. The first-order valence-corrected chi connectivity index (χ1v) is 10.8. The third kappa shape index (κ3) is 9.07. The standard InChI is InChI=1S/C25H28F2N2O6/c1-4-13-29(15-22(30)28-19-8-6-5-7-17(19)2)23(31)16-34-24(32)12-10-18-9-11-20(35-25(26)27)21(14-18)33-3/h5-12,14,25H,4,13,15-16H2,1-3H3,(H,28,30)/b12-10+. The minimum Gasteiger partial charge on any atom is -0.493 e. The number of amides is 2. The molecule has 2 rings (SSSR count). The third-order valence-electron chi connectivity index (χ3n) is 4.75. The number of anilines is 1. The van der Waals surface area contributed by atoms with Crippen molar-refractivity contribution in [2.45, 2.75) is 26.9 Å². The Balaban J connectivity index is 1.91. The van der Waals surface area contributed by atoms with E-state index in [0.717, 1.165) is 11.6 Å². The molecular formula is C25H28F2N2O6. The monoisotopic (exact) mass is 490 g/mol. The van der Waals surface area contributed by atoms with Crippen molar-refractivity contribution in [1.82, 2.24) is 4.90 Å². The Morgan fingerprint density at radius 2 is 1.86 bits per heavy atom. The van der Waals surface area contributed by atoms with Crippen molar-refractivity contribution in [3.8, 4) is 11.5 Å². The average molecular weight is 491 g/mol. The lowest BCUT2D eigenvalue weighted by Gasteiger charge is -2.21. The number of esters is 1. The van der Waals surface area contributed by atoms with E-state index in [-0.39, 0.29) is 24.0 Å². The zero-order valence-electron chi connectivity index (χ0n) is 19.8. The summed E-state index contributed by atoms with van der Waals surface area (Å²) in [6, 6.07) is 11.4. The second-order valence-corrected chi connectivity index (χ2v) is 7.41. The zero-order valence-corrected chi connectivity index (χ0v) is 19.8. The molecule has 2 aromatic rings. The van der Waals surface area contributed by atoms with Gasteiger partial charge in [-0.3, -0.25) is 9.59 Å². The van der Waals surface area contributed by atoms with Gasteiger partial charge in [-0.15, -0.1) is 0 Å². The molecule has 0 saturated heterocycles. The highest BCUT2D eigenvalue weighted by atomic mass is 19.3. The molecule has 0 bridgehead atoms. The SMILES string of the molecule is CCCN(CC(=O)Nc1ccccc1C)C(=O)COC(=O)/C=C/c1ccc(OC(F)F)c(OC)c1. The van der Waals surface area contributed by atoms with Crippen LogP contribution in [-0.4, -0.2) is 56.1 Å². The number of aryl methyl sites for hydroxylation is 1. The predicted octanol–water partition coefficient (Wildman–Crippen LogP) is 4.04. The number of para-hydroxylation sites is 1. The fourth-order valence-corrected chi connectivity index (χ4v) is 3.06. The zero-order chi connectivity index (χ0) is 25.8. The Bertz CT molecular complexity index is 1060. The van der Waals surface area contributed by atoms with Crippen LogP contribution >= 0.6 is 0 Å². The Labute approximate surface area is 202 Å². The molecule has 2 aromatic carbocycles. The summed E-state index contributed by atoms with van der Waals surface area (Å²) in [5.74, 6) is -1.74. The maximum Gasteiger partial charge on any atom is 0.387 e. The van der Waals surface area contributed by atoms with Crippen LogP contribution in [0, 0.1) is 6.92 Å². The van der Waals surface area contributed by atoms with Gasteiger partial charge in [-0.1, -0.05) is 31.2 Å². The normalized spacial score (nSPS) is 10.8. The molecule has 1 N–H and O–H groups in total. The van der Waals surface area contributed by atoms with Crippen LogP contribution in [0.4, 0.5) is 14.5 Å². The van der Waals surface area contributed by atoms with Gasteiger partial charge >= 0.3 is 12.6 Å². The lowest BCUT2D eigenvalue weighted by molar-refractivity contribution is -0.148. The molecule has 0 heterocycles. The third-order valence-corrected chi connectivity index (χ3v) is 4.75. The van der Waals surface area contributed by atoms with E-state index in [1.807, 2.05) is 26.0 Å². The van der Waals surface area contributed by atoms with Gasteiger partial charge in [0.05, 0.1) is 13.7 Å². The fraction of sp³-hybridized carbons (Fsp3) is 0.320. The summed E-state index contributed by atoms with van der Waals surface area (Å²) in [5, 5.41) is 2.77. The number of rotatable bonds is 12. The summed E-state index contributed by atoms with van der Waals surface area (Å²) < 4.78 is 39.2. The molecule has 0 radical (unpaired) electrons. The number of ether oxygens (including phenoxy) is 3. The predicted molar refractivity (Wildman–Crippen MR) is 126 cm³/mol. The van der Waals surface area contributed by atoms with E-state index in [2.05, 4.69) is 10.1 Å². The molecule has 0 aliphatic rings. The van der Waals surface area contributed by atoms with Crippen molar-refractivity contribution < 1.29 is 37.4 Å². The van der Waals surface area contributed by atoms with Crippen LogP contribution in [0.3, 0.4) is 0 Å². The Morgan fingerprint density at radius 1 is 1.11 bits per heavy atom. The quantitative estimate of drug-likeness (QED) is 0.357. The highest BCUT2D eigenvalue weighted by Crippen LogP contribution is 2.29. The van der Waals surface area contributed by atoms with E-state index in [1.165, 1.54) is 36.3 Å². The van der Waals surface area contributed by atoms with Crippen LogP contribution in [0.25, 0.3) is 6.08 Å². The van der Waals surface area contributed by atoms with Crippen molar-refractivity contribution in [1.29, 1.82) is 0 Å². The van der Waals surface area contributed by atoms with E-state index in [4.69, 9.17) is 9.47 Å². The van der Waals surface area contributed by atoms with Crippen LogP contribution in [-0.2, 0) is 19.1 Å². The highest BCUT2D eigenvalue weighted by Gasteiger charge is 2.18. The minimum atomic E-state index is -3.00. The van der Waals surface area contributed by atoms with Crippen LogP contribution in [0.1, 0.15) is 24.5 Å². The lowest BCUT2D eigenvalue weighted by atomic mass is 10.2. The number of nitrogens with one attached hydrogen (secondary N) is 1. The molecule has 0 fully saturated rings. The first kappa shape index (κ1) is 27.3. The van der Waals surface area contributed by atoms with Gasteiger partial charge < -0.3 is 24.4 Å². The highest BCUT2D eigenvalue weighted by molar-refractivity contribution is 5.95. The summed E-state index contributed by atoms with van der Waals surface area (Å²) in [6.45, 7) is 0.324. The van der Waals surface area contributed by atoms with Crippen LogP contribution in [0.2, 0.25) is 0 Å². The molecule has 0 atom stereocenters. The fourth-order valence-electron chi connectivity index (χ4n) is 3.06. The molecule has 0 unspecified atom stereocenters. The lowest BCUT2D eigenvalue weighted by Crippen LogP contribution is -2.40. The molecule has 35 heavy (non-hydrogen) atoms. The summed E-state index contributed by atoms with van der Waals surface area (Å²) >= 11 is 0. The number of benzene rings is 2. The second kappa shape index (κ2) is 13.7. The van der Waals surface area contributed by atoms with Gasteiger partial charge in [0, 0.05) is 18.3 Å². The summed E-state index contributed by atoms with van der Waals surface area (Å²) in [4.78, 5) is 38.3. The van der Waals surface area contributed by atoms with Gasteiger partial charge in [0.1, 0.15) is 0 Å². The van der Waals surface area contributed by atoms with Gasteiger partial charge in [-0.05, 0) is 48.7 Å². The van der Waals surface area contributed by atoms with E-state index < -0.39 is 25.1 Å². The van der Waals surface area contributed by atoms with Gasteiger partial charge in [-0.25, -0.2) is 4.79 Å².